The van der Waals surface area contributed by atoms with Gasteiger partial charge in [-0.2, -0.15) is 0 Å². The molecule has 0 aromatic carbocycles. The van der Waals surface area contributed by atoms with E-state index >= 15 is 0 Å². The van der Waals surface area contributed by atoms with E-state index in [9.17, 15) is 0 Å². The van der Waals surface area contributed by atoms with Gasteiger partial charge in [-0.15, -0.1) is 0 Å². The number of allylic oxidation sites excluding steroid dienone is 2. The van der Waals surface area contributed by atoms with E-state index in [1.807, 2.05) is 0 Å². The van der Waals surface area contributed by atoms with Gasteiger partial charge in [0.05, 0.1) is 0 Å². The molecule has 1 rings (SSSR count). The standard InChI is InChI=1S/C4H6.Zn/c1-2-4-3-1;/h1-2H,3-4H2;. The number of hydrogen-bond acceptors (Lipinski definition) is 0. The second kappa shape index (κ2) is 2.59. The Bertz CT molecular complexity index is 32.9. The van der Waals surface area contributed by atoms with Gasteiger partial charge in [-0.1, -0.05) is 12.2 Å². The monoisotopic (exact) mass is 118 g/mol. The first kappa shape index (κ1) is 5.36. The zero-order valence-corrected chi connectivity index (χ0v) is 6.24. The molecule has 1 heteroatoms. The minimum atomic E-state index is 0. The quantitative estimate of drug-likeness (QED) is 0.333. The van der Waals surface area contributed by atoms with Crippen molar-refractivity contribution in [2.75, 3.05) is 0 Å². The van der Waals surface area contributed by atoms with Crippen LogP contribution in [0.2, 0.25) is 0 Å². The van der Waals surface area contributed by atoms with Crippen LogP contribution in [0.25, 0.3) is 0 Å². The van der Waals surface area contributed by atoms with E-state index in [0.717, 1.165) is 0 Å². The van der Waals surface area contributed by atoms with Crippen LogP contribution in [0.15, 0.2) is 12.2 Å². The topological polar surface area (TPSA) is 0 Å². The zero-order chi connectivity index (χ0) is 2.83. The van der Waals surface area contributed by atoms with E-state index < -0.39 is 0 Å². The average Bonchev–Trinajstić information content (AvgIpc) is 0.722. The van der Waals surface area contributed by atoms with Crippen LogP contribution < -0.4 is 0 Å². The van der Waals surface area contributed by atoms with Gasteiger partial charge >= 0.3 is 0 Å². The summed E-state index contributed by atoms with van der Waals surface area (Å²) >= 11 is 0. The van der Waals surface area contributed by atoms with Crippen molar-refractivity contribution < 1.29 is 19.5 Å². The molecule has 24 valence electrons. The van der Waals surface area contributed by atoms with Crippen LogP contribution >= 0.6 is 0 Å². The SMILES string of the molecule is C1=CCC1.[Zn]. The first-order chi connectivity index (χ1) is 2.00. The van der Waals surface area contributed by atoms with Gasteiger partial charge in [0.25, 0.3) is 0 Å². The molecule has 5 heavy (non-hydrogen) atoms. The molecule has 0 atom stereocenters. The largest absolute Gasteiger partial charge is 0.0882 e. The normalized spacial score (nSPS) is 16.0. The second-order valence-corrected chi connectivity index (χ2v) is 1.05. The predicted molar refractivity (Wildman–Crippen MR) is 18.4 cm³/mol. The van der Waals surface area contributed by atoms with Crippen molar-refractivity contribution >= 4 is 0 Å². The smallest absolute Gasteiger partial charge is 0 e. The summed E-state index contributed by atoms with van der Waals surface area (Å²) in [7, 11) is 0. The molecule has 0 saturated heterocycles. The summed E-state index contributed by atoms with van der Waals surface area (Å²) < 4.78 is 0. The van der Waals surface area contributed by atoms with Gasteiger partial charge in [0.1, 0.15) is 0 Å². The van der Waals surface area contributed by atoms with Crippen molar-refractivity contribution in [1.29, 1.82) is 0 Å². The van der Waals surface area contributed by atoms with E-state index in [2.05, 4.69) is 12.2 Å². The van der Waals surface area contributed by atoms with Crippen molar-refractivity contribution in [2.24, 2.45) is 0 Å². The maximum Gasteiger partial charge on any atom is 0 e. The van der Waals surface area contributed by atoms with E-state index in [-0.39, 0.29) is 19.5 Å². The molecule has 0 heterocycles. The van der Waals surface area contributed by atoms with E-state index in [1.54, 1.807) is 0 Å². The van der Waals surface area contributed by atoms with Crippen LogP contribution in [0.5, 0.6) is 0 Å². The predicted octanol–water partition coefficient (Wildman–Crippen LogP) is 1.33. The summed E-state index contributed by atoms with van der Waals surface area (Å²) in [5.74, 6) is 0. The molecule has 0 nitrogen and oxygen atoms in total. The van der Waals surface area contributed by atoms with Gasteiger partial charge in [0.2, 0.25) is 0 Å². The molecule has 0 aromatic heterocycles. The van der Waals surface area contributed by atoms with Crippen LogP contribution in [-0.2, 0) is 19.5 Å². The van der Waals surface area contributed by atoms with Crippen molar-refractivity contribution in [3.8, 4) is 0 Å². The molecule has 0 fully saturated rings. The van der Waals surface area contributed by atoms with E-state index in [0.29, 0.717) is 0 Å². The van der Waals surface area contributed by atoms with Crippen LogP contribution in [0.3, 0.4) is 0 Å². The van der Waals surface area contributed by atoms with Gasteiger partial charge < -0.3 is 0 Å². The van der Waals surface area contributed by atoms with Crippen LogP contribution in [-0.4, -0.2) is 0 Å². The minimum absolute atomic E-state index is 0. The zero-order valence-electron chi connectivity index (χ0n) is 3.28. The van der Waals surface area contributed by atoms with Crippen LogP contribution in [0.4, 0.5) is 0 Å². The Kier molecular flexibility index (Phi) is 2.78. The number of hydrogen-bond donors (Lipinski definition) is 0. The Balaban J connectivity index is 0.000000160. The fourth-order valence-electron chi connectivity index (χ4n) is 0.167. The molecular weight excluding hydrogens is 113 g/mol. The van der Waals surface area contributed by atoms with Crippen molar-refractivity contribution in [1.82, 2.24) is 0 Å². The Hall–Kier alpha value is 0.363. The molecule has 1 aliphatic carbocycles. The summed E-state index contributed by atoms with van der Waals surface area (Å²) in [6, 6.07) is 0. The summed E-state index contributed by atoms with van der Waals surface area (Å²) in [5.41, 5.74) is 0. The molecule has 0 saturated carbocycles. The summed E-state index contributed by atoms with van der Waals surface area (Å²) in [6.07, 6.45) is 7.00. The molecule has 0 spiro atoms. The molecule has 0 amide bonds. The third-order valence-corrected chi connectivity index (χ3v) is 0.667. The fraction of sp³-hybridized carbons (Fsp3) is 0.500. The van der Waals surface area contributed by atoms with Gasteiger partial charge in [-0.05, 0) is 12.8 Å². The average molecular weight is 119 g/mol. The Labute approximate surface area is 45.0 Å². The summed E-state index contributed by atoms with van der Waals surface area (Å²) in [4.78, 5) is 0. The molecule has 0 radical (unpaired) electrons. The van der Waals surface area contributed by atoms with E-state index in [4.69, 9.17) is 0 Å². The van der Waals surface area contributed by atoms with Crippen molar-refractivity contribution in [3.05, 3.63) is 12.2 Å². The maximum absolute atomic E-state index is 2.18. The minimum Gasteiger partial charge on any atom is -0.0882 e. The van der Waals surface area contributed by atoms with Gasteiger partial charge in [-0.25, -0.2) is 0 Å². The molecule has 0 unspecified atom stereocenters. The molecule has 0 N–H and O–H groups in total. The Morgan fingerprint density at radius 3 is 1.20 bits per heavy atom. The third kappa shape index (κ3) is 1.28. The summed E-state index contributed by atoms with van der Waals surface area (Å²) in [6.45, 7) is 0. The van der Waals surface area contributed by atoms with Gasteiger partial charge in [0.15, 0.2) is 0 Å². The summed E-state index contributed by atoms with van der Waals surface area (Å²) in [5, 5.41) is 0. The molecule has 0 bridgehead atoms. The number of rotatable bonds is 0. The van der Waals surface area contributed by atoms with Crippen LogP contribution in [0, 0.1) is 0 Å². The maximum atomic E-state index is 2.18. The van der Waals surface area contributed by atoms with E-state index in [1.165, 1.54) is 12.8 Å². The van der Waals surface area contributed by atoms with Crippen molar-refractivity contribution in [3.63, 3.8) is 0 Å². The van der Waals surface area contributed by atoms with Crippen molar-refractivity contribution in [2.45, 2.75) is 12.8 Å². The molecule has 0 aliphatic heterocycles. The van der Waals surface area contributed by atoms with Crippen LogP contribution in [0.1, 0.15) is 12.8 Å². The fourth-order valence-corrected chi connectivity index (χ4v) is 0.167. The molecule has 0 aromatic rings. The first-order valence-corrected chi connectivity index (χ1v) is 1.65. The molecular formula is C4H6Zn. The first-order valence-electron chi connectivity index (χ1n) is 1.65. The molecule has 1 aliphatic rings. The Morgan fingerprint density at radius 2 is 1.20 bits per heavy atom. The van der Waals surface area contributed by atoms with Gasteiger partial charge in [-0.3, -0.25) is 0 Å². The Morgan fingerprint density at radius 1 is 1.00 bits per heavy atom. The third-order valence-electron chi connectivity index (χ3n) is 0.667. The second-order valence-electron chi connectivity index (χ2n) is 1.05. The van der Waals surface area contributed by atoms with Gasteiger partial charge in [0, 0.05) is 19.5 Å².